The Morgan fingerprint density at radius 3 is 2.61 bits per heavy atom. The molecule has 18 heavy (non-hydrogen) atoms. The van der Waals surface area contributed by atoms with Crippen LogP contribution < -0.4 is 4.74 Å². The summed E-state index contributed by atoms with van der Waals surface area (Å²) in [5.41, 5.74) is 1.49. The molecule has 0 spiro atoms. The number of rotatable bonds is 4. The number of benzene rings is 1. The van der Waals surface area contributed by atoms with Crippen LogP contribution in [0.15, 0.2) is 42.6 Å². The Bertz CT molecular complexity index is 550. The molecule has 0 amide bonds. The van der Waals surface area contributed by atoms with E-state index in [0.717, 1.165) is 11.3 Å². The zero-order valence-corrected chi connectivity index (χ0v) is 10.5. The monoisotopic (exact) mass is 241 g/mol. The van der Waals surface area contributed by atoms with Crippen molar-refractivity contribution in [2.24, 2.45) is 0 Å². The summed E-state index contributed by atoms with van der Waals surface area (Å²) in [5.74, 6) is 1.37. The number of hydrogen-bond donors (Lipinski definition) is 0. The van der Waals surface area contributed by atoms with E-state index in [2.05, 4.69) is 4.98 Å². The Labute approximate surface area is 106 Å². The highest BCUT2D eigenvalue weighted by atomic mass is 16.5. The Morgan fingerprint density at radius 2 is 2.00 bits per heavy atom. The van der Waals surface area contributed by atoms with Crippen molar-refractivity contribution in [3.8, 4) is 11.6 Å². The fourth-order valence-corrected chi connectivity index (χ4v) is 1.63. The third kappa shape index (κ3) is 2.74. The van der Waals surface area contributed by atoms with Crippen LogP contribution in [0, 0.1) is 6.92 Å². The molecule has 0 saturated carbocycles. The molecule has 0 fully saturated rings. The van der Waals surface area contributed by atoms with Gasteiger partial charge in [0.05, 0.1) is 0 Å². The quantitative estimate of drug-likeness (QED) is 0.765. The molecule has 1 aromatic carbocycles. The number of carbonyl (C=O) groups excluding carboxylic acids is 1. The van der Waals surface area contributed by atoms with Gasteiger partial charge in [0.1, 0.15) is 5.75 Å². The molecular weight excluding hydrogens is 226 g/mol. The molecule has 0 aliphatic carbocycles. The minimum Gasteiger partial charge on any atom is -0.439 e. The van der Waals surface area contributed by atoms with Crippen LogP contribution in [-0.2, 0) is 0 Å². The van der Waals surface area contributed by atoms with E-state index in [1.54, 1.807) is 6.20 Å². The molecule has 0 saturated heterocycles. The lowest BCUT2D eigenvalue weighted by atomic mass is 10.1. The van der Waals surface area contributed by atoms with Crippen molar-refractivity contribution in [1.82, 2.24) is 4.98 Å². The van der Waals surface area contributed by atoms with E-state index in [1.165, 1.54) is 0 Å². The van der Waals surface area contributed by atoms with E-state index >= 15 is 0 Å². The van der Waals surface area contributed by atoms with Crippen LogP contribution in [-0.4, -0.2) is 10.8 Å². The standard InChI is InChI=1S/C15H15NO2/c1-3-14(17)12-9-11(2)15(16-10-12)18-13-7-5-4-6-8-13/h4-10H,3H2,1-2H3. The van der Waals surface area contributed by atoms with Crippen LogP contribution in [0.1, 0.15) is 29.3 Å². The van der Waals surface area contributed by atoms with E-state index in [9.17, 15) is 4.79 Å². The van der Waals surface area contributed by atoms with Crippen molar-refractivity contribution in [3.05, 3.63) is 53.7 Å². The van der Waals surface area contributed by atoms with Crippen molar-refractivity contribution < 1.29 is 9.53 Å². The fourth-order valence-electron chi connectivity index (χ4n) is 1.63. The second-order valence-electron chi connectivity index (χ2n) is 4.04. The SMILES string of the molecule is CCC(=O)c1cnc(Oc2ccccc2)c(C)c1. The van der Waals surface area contributed by atoms with Gasteiger partial charge in [0.25, 0.3) is 0 Å². The third-order valence-electron chi connectivity index (χ3n) is 2.63. The van der Waals surface area contributed by atoms with Gasteiger partial charge in [-0.2, -0.15) is 0 Å². The summed E-state index contributed by atoms with van der Waals surface area (Å²) in [6.07, 6.45) is 2.05. The van der Waals surface area contributed by atoms with Gasteiger partial charge in [-0.3, -0.25) is 4.79 Å². The normalized spacial score (nSPS) is 10.1. The molecule has 0 aliphatic rings. The van der Waals surface area contributed by atoms with E-state index < -0.39 is 0 Å². The molecular formula is C15H15NO2. The van der Waals surface area contributed by atoms with Gasteiger partial charge in [0.15, 0.2) is 5.78 Å². The smallest absolute Gasteiger partial charge is 0.222 e. The lowest BCUT2D eigenvalue weighted by Gasteiger charge is -2.08. The summed E-state index contributed by atoms with van der Waals surface area (Å²) < 4.78 is 5.66. The zero-order chi connectivity index (χ0) is 13.0. The molecule has 2 aromatic rings. The highest BCUT2D eigenvalue weighted by molar-refractivity contribution is 5.95. The number of carbonyl (C=O) groups is 1. The van der Waals surface area contributed by atoms with Crippen LogP contribution in [0.2, 0.25) is 0 Å². The van der Waals surface area contributed by atoms with E-state index in [0.29, 0.717) is 17.9 Å². The maximum atomic E-state index is 11.6. The molecule has 0 bridgehead atoms. The first-order chi connectivity index (χ1) is 8.70. The number of aryl methyl sites for hydroxylation is 1. The molecule has 0 unspecified atom stereocenters. The maximum Gasteiger partial charge on any atom is 0.222 e. The topological polar surface area (TPSA) is 39.2 Å². The summed E-state index contributed by atoms with van der Waals surface area (Å²) >= 11 is 0. The Balaban J connectivity index is 2.23. The largest absolute Gasteiger partial charge is 0.439 e. The second-order valence-corrected chi connectivity index (χ2v) is 4.04. The molecule has 0 N–H and O–H groups in total. The van der Waals surface area contributed by atoms with E-state index in [-0.39, 0.29) is 5.78 Å². The number of hydrogen-bond acceptors (Lipinski definition) is 3. The predicted octanol–water partition coefficient (Wildman–Crippen LogP) is 3.78. The average molecular weight is 241 g/mol. The molecule has 1 heterocycles. The minimum absolute atomic E-state index is 0.0943. The van der Waals surface area contributed by atoms with E-state index in [1.807, 2.05) is 50.2 Å². The number of Topliss-reactive ketones (excluding diaryl/α,β-unsaturated/α-hetero) is 1. The molecule has 3 nitrogen and oxygen atoms in total. The number of para-hydroxylation sites is 1. The van der Waals surface area contributed by atoms with Gasteiger partial charge >= 0.3 is 0 Å². The predicted molar refractivity (Wildman–Crippen MR) is 70.1 cm³/mol. The number of ketones is 1. The lowest BCUT2D eigenvalue weighted by Crippen LogP contribution is -2.00. The van der Waals surface area contributed by atoms with Crippen LogP contribution in [0.5, 0.6) is 11.6 Å². The molecule has 2 rings (SSSR count). The summed E-state index contributed by atoms with van der Waals surface area (Å²) in [7, 11) is 0. The molecule has 1 aromatic heterocycles. The minimum atomic E-state index is 0.0943. The van der Waals surface area contributed by atoms with Gasteiger partial charge in [0, 0.05) is 23.7 Å². The number of ether oxygens (including phenoxy) is 1. The highest BCUT2D eigenvalue weighted by Gasteiger charge is 2.08. The van der Waals surface area contributed by atoms with Gasteiger partial charge in [-0.1, -0.05) is 25.1 Å². The van der Waals surface area contributed by atoms with Crippen molar-refractivity contribution in [2.75, 3.05) is 0 Å². The van der Waals surface area contributed by atoms with Gasteiger partial charge < -0.3 is 4.74 Å². The zero-order valence-electron chi connectivity index (χ0n) is 10.5. The molecule has 0 aliphatic heterocycles. The molecule has 0 radical (unpaired) electrons. The van der Waals surface area contributed by atoms with Crippen molar-refractivity contribution in [2.45, 2.75) is 20.3 Å². The number of nitrogens with zero attached hydrogens (tertiary/aromatic N) is 1. The summed E-state index contributed by atoms with van der Waals surface area (Å²) in [6.45, 7) is 3.73. The fraction of sp³-hybridized carbons (Fsp3) is 0.200. The van der Waals surface area contributed by atoms with Gasteiger partial charge in [0.2, 0.25) is 5.88 Å². The lowest BCUT2D eigenvalue weighted by molar-refractivity contribution is 0.0987. The van der Waals surface area contributed by atoms with Crippen molar-refractivity contribution in [3.63, 3.8) is 0 Å². The first-order valence-corrected chi connectivity index (χ1v) is 5.93. The van der Waals surface area contributed by atoms with Gasteiger partial charge in [-0.25, -0.2) is 4.98 Å². The maximum absolute atomic E-state index is 11.6. The first kappa shape index (κ1) is 12.3. The van der Waals surface area contributed by atoms with Crippen LogP contribution in [0.25, 0.3) is 0 Å². The van der Waals surface area contributed by atoms with Crippen molar-refractivity contribution in [1.29, 1.82) is 0 Å². The van der Waals surface area contributed by atoms with Gasteiger partial charge in [-0.15, -0.1) is 0 Å². The molecule has 3 heteroatoms. The molecule has 0 atom stereocenters. The third-order valence-corrected chi connectivity index (χ3v) is 2.63. The van der Waals surface area contributed by atoms with Crippen LogP contribution in [0.4, 0.5) is 0 Å². The Hall–Kier alpha value is -2.16. The van der Waals surface area contributed by atoms with Crippen molar-refractivity contribution >= 4 is 5.78 Å². The molecule has 92 valence electrons. The first-order valence-electron chi connectivity index (χ1n) is 5.93. The number of aromatic nitrogens is 1. The summed E-state index contributed by atoms with van der Waals surface area (Å²) in [4.78, 5) is 15.8. The Morgan fingerprint density at radius 1 is 1.28 bits per heavy atom. The van der Waals surface area contributed by atoms with Crippen LogP contribution in [0.3, 0.4) is 0 Å². The Kier molecular flexibility index (Phi) is 3.72. The van der Waals surface area contributed by atoms with E-state index in [4.69, 9.17) is 4.74 Å². The highest BCUT2D eigenvalue weighted by Crippen LogP contribution is 2.23. The van der Waals surface area contributed by atoms with Gasteiger partial charge in [-0.05, 0) is 25.1 Å². The summed E-state index contributed by atoms with van der Waals surface area (Å²) in [5, 5.41) is 0. The second kappa shape index (κ2) is 5.45. The average Bonchev–Trinajstić information content (AvgIpc) is 2.41. The number of pyridine rings is 1. The van der Waals surface area contributed by atoms with Crippen LogP contribution >= 0.6 is 0 Å². The summed E-state index contributed by atoms with van der Waals surface area (Å²) in [6, 6.07) is 11.3.